The first-order valence-electron chi connectivity index (χ1n) is 12.5. The molecule has 0 fully saturated rings. The molecule has 202 valence electrons. The first kappa shape index (κ1) is 26.9. The number of fused-ring (bicyclic) bond motifs is 1. The maximum absolute atomic E-state index is 12.1. The van der Waals surface area contributed by atoms with E-state index in [1.54, 1.807) is 40.9 Å². The van der Waals surface area contributed by atoms with Crippen molar-refractivity contribution in [2.75, 3.05) is 13.3 Å². The van der Waals surface area contributed by atoms with Gasteiger partial charge in [0.05, 0.1) is 48.6 Å². The van der Waals surface area contributed by atoms with E-state index in [0.29, 0.717) is 23.0 Å². The second-order valence-electron chi connectivity index (χ2n) is 9.60. The van der Waals surface area contributed by atoms with E-state index in [1.807, 2.05) is 65.3 Å². The number of thiophene rings is 1. The molecule has 0 aliphatic heterocycles. The van der Waals surface area contributed by atoms with Crippen molar-refractivity contribution >= 4 is 54.3 Å². The predicted molar refractivity (Wildman–Crippen MR) is 165 cm³/mol. The summed E-state index contributed by atoms with van der Waals surface area (Å²) < 4.78 is 27.3. The second kappa shape index (κ2) is 10.9. The van der Waals surface area contributed by atoms with E-state index in [-0.39, 0.29) is 0 Å². The van der Waals surface area contributed by atoms with Crippen LogP contribution in [0, 0.1) is 0 Å². The van der Waals surface area contributed by atoms with E-state index < -0.39 is 9.84 Å². The highest BCUT2D eigenvalue weighted by atomic mass is 35.5. The van der Waals surface area contributed by atoms with Crippen LogP contribution in [-0.2, 0) is 22.9 Å². The summed E-state index contributed by atoms with van der Waals surface area (Å²) in [6.45, 7) is 1.35. The molecular weight excluding hydrogens is 580 g/mol. The Hall–Kier alpha value is -3.34. The molecule has 6 rings (SSSR count). The average Bonchev–Trinajstić information content (AvgIpc) is 3.66. The number of sulfone groups is 1. The van der Waals surface area contributed by atoms with Gasteiger partial charge in [-0.15, -0.1) is 22.7 Å². The minimum atomic E-state index is -3.30. The van der Waals surface area contributed by atoms with Gasteiger partial charge < -0.3 is 0 Å². The van der Waals surface area contributed by atoms with Crippen LogP contribution in [0.25, 0.3) is 36.9 Å². The SMILES string of the molecule is CN(Cc1cc(-c2ccc(-c3cccc(S(C)(=O)=O)c3)s2)n(-c2ccccc2Cl)n1)Cc1nc2ccccc2s1. The maximum atomic E-state index is 12.1. The second-order valence-corrected chi connectivity index (χ2v) is 14.2. The molecule has 0 amide bonds. The molecular formula is C30H25ClN4O2S3. The van der Waals surface area contributed by atoms with Crippen LogP contribution in [0.2, 0.25) is 5.02 Å². The summed E-state index contributed by atoms with van der Waals surface area (Å²) in [6, 6.07) is 29.1. The number of benzene rings is 3. The number of para-hydroxylation sites is 2. The largest absolute Gasteiger partial charge is 0.294 e. The first-order valence-corrected chi connectivity index (χ1v) is 16.4. The smallest absolute Gasteiger partial charge is 0.175 e. The summed E-state index contributed by atoms with van der Waals surface area (Å²) in [5.41, 5.74) is 4.52. The molecule has 6 aromatic rings. The van der Waals surface area contributed by atoms with Crippen molar-refractivity contribution in [3.05, 3.63) is 107 Å². The van der Waals surface area contributed by atoms with Gasteiger partial charge >= 0.3 is 0 Å². The van der Waals surface area contributed by atoms with Crippen molar-refractivity contribution in [3.63, 3.8) is 0 Å². The summed E-state index contributed by atoms with van der Waals surface area (Å²) >= 11 is 9.91. The fraction of sp³-hybridized carbons (Fsp3) is 0.133. The average molecular weight is 605 g/mol. The van der Waals surface area contributed by atoms with Gasteiger partial charge in [0.1, 0.15) is 5.01 Å². The maximum Gasteiger partial charge on any atom is 0.175 e. The van der Waals surface area contributed by atoms with Gasteiger partial charge in [0.15, 0.2) is 9.84 Å². The molecule has 3 aromatic heterocycles. The van der Waals surface area contributed by atoms with E-state index in [1.165, 1.54) is 11.0 Å². The van der Waals surface area contributed by atoms with Crippen LogP contribution in [0.1, 0.15) is 10.7 Å². The van der Waals surface area contributed by atoms with Crippen LogP contribution in [0.5, 0.6) is 0 Å². The Bertz CT molecular complexity index is 1910. The monoisotopic (exact) mass is 604 g/mol. The van der Waals surface area contributed by atoms with Crippen LogP contribution in [0.4, 0.5) is 0 Å². The highest BCUT2D eigenvalue weighted by Gasteiger charge is 2.18. The highest BCUT2D eigenvalue weighted by molar-refractivity contribution is 7.90. The lowest BCUT2D eigenvalue weighted by atomic mass is 10.2. The Kier molecular flexibility index (Phi) is 7.33. The quantitative estimate of drug-likeness (QED) is 0.179. The number of thiazole rings is 1. The van der Waals surface area contributed by atoms with Crippen molar-refractivity contribution in [3.8, 4) is 26.7 Å². The van der Waals surface area contributed by atoms with Crippen molar-refractivity contribution in [1.82, 2.24) is 19.7 Å². The van der Waals surface area contributed by atoms with Gasteiger partial charge in [0, 0.05) is 17.7 Å². The van der Waals surface area contributed by atoms with Crippen molar-refractivity contribution in [2.24, 2.45) is 0 Å². The number of halogens is 1. The number of nitrogens with zero attached hydrogens (tertiary/aromatic N) is 4. The fourth-order valence-electron chi connectivity index (χ4n) is 4.55. The van der Waals surface area contributed by atoms with Crippen molar-refractivity contribution in [1.29, 1.82) is 0 Å². The summed E-state index contributed by atoms with van der Waals surface area (Å²) in [6.07, 6.45) is 1.23. The van der Waals surface area contributed by atoms with Gasteiger partial charge in [0.2, 0.25) is 0 Å². The topological polar surface area (TPSA) is 68.1 Å². The Labute approximate surface area is 246 Å². The summed E-state index contributed by atoms with van der Waals surface area (Å²) in [7, 11) is -1.23. The molecule has 0 atom stereocenters. The van der Waals surface area contributed by atoms with Gasteiger partial charge in [0.25, 0.3) is 0 Å². The summed E-state index contributed by atoms with van der Waals surface area (Å²) in [5, 5.41) is 6.64. The summed E-state index contributed by atoms with van der Waals surface area (Å²) in [5.74, 6) is 0. The number of rotatable bonds is 8. The molecule has 0 spiro atoms. The van der Waals surface area contributed by atoms with E-state index in [2.05, 4.69) is 24.1 Å². The molecule has 0 aliphatic carbocycles. The molecule has 6 nitrogen and oxygen atoms in total. The van der Waals surface area contributed by atoms with Crippen LogP contribution < -0.4 is 0 Å². The third-order valence-corrected chi connectivity index (χ3v) is 10.0. The minimum Gasteiger partial charge on any atom is -0.294 e. The highest BCUT2D eigenvalue weighted by Crippen LogP contribution is 2.37. The van der Waals surface area contributed by atoms with Crippen LogP contribution in [-0.4, -0.2) is 41.4 Å². The molecule has 0 unspecified atom stereocenters. The normalized spacial score (nSPS) is 12.0. The minimum absolute atomic E-state index is 0.305. The van der Waals surface area contributed by atoms with Crippen LogP contribution in [0.15, 0.2) is 95.9 Å². The number of hydrogen-bond acceptors (Lipinski definition) is 7. The lowest BCUT2D eigenvalue weighted by Crippen LogP contribution is -2.17. The van der Waals surface area contributed by atoms with Crippen LogP contribution >= 0.6 is 34.3 Å². The standard InChI is InChI=1S/C30H25ClN4O2S3/c1-34(19-30-32-24-11-4-6-13-28(24)39-30)18-21-17-26(35(33-21)25-12-5-3-10-23(25)31)29-15-14-27(38-29)20-8-7-9-22(16-20)40(2,36)37/h3-17H,18-19H2,1-2H3. The van der Waals surface area contributed by atoms with E-state index >= 15 is 0 Å². The Balaban J connectivity index is 1.33. The number of hydrogen-bond donors (Lipinski definition) is 0. The molecule has 0 N–H and O–H groups in total. The van der Waals surface area contributed by atoms with E-state index in [9.17, 15) is 8.42 Å². The Morgan fingerprint density at radius 1 is 0.875 bits per heavy atom. The molecule has 40 heavy (non-hydrogen) atoms. The third kappa shape index (κ3) is 5.61. The van der Waals surface area contributed by atoms with E-state index in [0.717, 1.165) is 42.9 Å². The molecule has 0 bridgehead atoms. The van der Waals surface area contributed by atoms with Gasteiger partial charge in [-0.25, -0.2) is 18.1 Å². The zero-order valence-electron chi connectivity index (χ0n) is 21.8. The van der Waals surface area contributed by atoms with Gasteiger partial charge in [-0.3, -0.25) is 4.90 Å². The Morgan fingerprint density at radius 2 is 1.65 bits per heavy atom. The van der Waals surface area contributed by atoms with Gasteiger partial charge in [-0.1, -0.05) is 48.0 Å². The molecule has 0 radical (unpaired) electrons. The molecule has 3 heterocycles. The Morgan fingerprint density at radius 3 is 2.45 bits per heavy atom. The molecule has 0 saturated heterocycles. The predicted octanol–water partition coefficient (Wildman–Crippen LogP) is 7.57. The lowest BCUT2D eigenvalue weighted by Gasteiger charge is -2.13. The number of aromatic nitrogens is 3. The van der Waals surface area contributed by atoms with Gasteiger partial charge in [-0.05, 0) is 67.2 Å². The lowest BCUT2D eigenvalue weighted by molar-refractivity contribution is 0.314. The zero-order valence-corrected chi connectivity index (χ0v) is 25.0. The van der Waals surface area contributed by atoms with Crippen molar-refractivity contribution in [2.45, 2.75) is 18.0 Å². The molecule has 3 aromatic carbocycles. The third-order valence-electron chi connectivity index (χ3n) is 6.42. The first-order chi connectivity index (χ1) is 19.2. The fourth-order valence-corrected chi connectivity index (χ4v) is 7.49. The van der Waals surface area contributed by atoms with Gasteiger partial charge in [-0.2, -0.15) is 5.10 Å². The zero-order chi connectivity index (χ0) is 27.9. The molecule has 0 saturated carbocycles. The molecule has 10 heteroatoms. The van der Waals surface area contributed by atoms with Crippen LogP contribution in [0.3, 0.4) is 0 Å². The molecule has 0 aliphatic rings. The van der Waals surface area contributed by atoms with E-state index in [4.69, 9.17) is 21.7 Å². The summed E-state index contributed by atoms with van der Waals surface area (Å²) in [4.78, 5) is 9.27. The van der Waals surface area contributed by atoms with Crippen molar-refractivity contribution < 1.29 is 8.42 Å².